The lowest BCUT2D eigenvalue weighted by molar-refractivity contribution is -0.139. The van der Waals surface area contributed by atoms with Gasteiger partial charge in [0.15, 0.2) is 0 Å². The van der Waals surface area contributed by atoms with E-state index >= 15 is 0 Å². The molecule has 4 fully saturated rings. The number of hydrogen-bond acceptors (Lipinski definition) is 7. The molecule has 12 nitrogen and oxygen atoms in total. The maximum atomic E-state index is 13.8. The SMILES string of the molecule is COC(=O)N[C@H](C(=O)N1CC2(CC2)C[C@H]1c1ncc(-c2ccc(C#Cc3ccc4nc([C@@H]5C[C@@]6(CCCCO6)CN5C(=O)[C@@H](C)C(C)C)[nH]c4c3)cc2)[nH]1)C(C)C. The Hall–Kier alpha value is -5.15. The molecule has 3 amide bonds. The first-order valence-electron chi connectivity index (χ1n) is 20.6. The fraction of sp³-hybridized carbons (Fsp3) is 0.533. The number of alkyl carbamates (subject to hydrolysis) is 1. The third-order valence-electron chi connectivity index (χ3n) is 12.9. The number of H-pyrrole nitrogens is 2. The second-order valence-electron chi connectivity index (χ2n) is 17.6. The van der Waals surface area contributed by atoms with E-state index in [4.69, 9.17) is 19.4 Å². The molecule has 1 saturated carbocycles. The fourth-order valence-corrected chi connectivity index (χ4v) is 8.91. The van der Waals surface area contributed by atoms with Gasteiger partial charge in [-0.15, -0.1) is 0 Å². The summed E-state index contributed by atoms with van der Waals surface area (Å²) in [6.07, 6.45) is 8.14. The summed E-state index contributed by atoms with van der Waals surface area (Å²) in [7, 11) is 1.31. The number of nitrogens with zero attached hydrogens (tertiary/aromatic N) is 4. The molecule has 0 unspecified atom stereocenters. The molecule has 12 heteroatoms. The highest BCUT2D eigenvalue weighted by Gasteiger charge is 2.55. The molecule has 0 bridgehead atoms. The Kier molecular flexibility index (Phi) is 10.4. The molecule has 300 valence electrons. The van der Waals surface area contributed by atoms with E-state index in [0.717, 1.165) is 96.6 Å². The van der Waals surface area contributed by atoms with Crippen molar-refractivity contribution in [3.63, 3.8) is 0 Å². The minimum atomic E-state index is -0.682. The maximum absolute atomic E-state index is 13.8. The van der Waals surface area contributed by atoms with E-state index in [2.05, 4.69) is 41.0 Å². The average molecular weight is 774 g/mol. The van der Waals surface area contributed by atoms with E-state index in [9.17, 15) is 14.4 Å². The number of hydrogen-bond donors (Lipinski definition) is 3. The number of methoxy groups -OCH3 is 1. The number of likely N-dealkylation sites (tertiary alicyclic amines) is 2. The molecule has 4 aliphatic rings. The van der Waals surface area contributed by atoms with Crippen LogP contribution in [-0.2, 0) is 19.1 Å². The number of aromatic amines is 2. The molecule has 8 rings (SSSR count). The number of rotatable bonds is 8. The Balaban J connectivity index is 0.967. The summed E-state index contributed by atoms with van der Waals surface area (Å²) < 4.78 is 11.2. The number of benzene rings is 2. The van der Waals surface area contributed by atoms with Crippen molar-refractivity contribution in [2.45, 2.75) is 103 Å². The van der Waals surface area contributed by atoms with E-state index < -0.39 is 12.1 Å². The number of fused-ring (bicyclic) bond motifs is 1. The molecule has 5 heterocycles. The van der Waals surface area contributed by atoms with Gasteiger partial charge in [0.05, 0.1) is 54.3 Å². The molecule has 4 aromatic rings. The summed E-state index contributed by atoms with van der Waals surface area (Å²) in [5, 5.41) is 2.74. The van der Waals surface area contributed by atoms with Crippen LogP contribution in [0.1, 0.15) is 114 Å². The number of carbonyl (C=O) groups excluding carboxylic acids is 3. The molecular weight excluding hydrogens is 719 g/mol. The van der Waals surface area contributed by atoms with Gasteiger partial charge >= 0.3 is 6.09 Å². The third kappa shape index (κ3) is 7.78. The Morgan fingerprint density at radius 2 is 1.58 bits per heavy atom. The Labute approximate surface area is 334 Å². The van der Waals surface area contributed by atoms with Crippen molar-refractivity contribution in [3.05, 3.63) is 71.4 Å². The molecule has 2 aromatic heterocycles. The number of amides is 3. The summed E-state index contributed by atoms with van der Waals surface area (Å²) in [6.45, 7) is 12.1. The fourth-order valence-electron chi connectivity index (χ4n) is 8.91. The van der Waals surface area contributed by atoms with Crippen LogP contribution >= 0.6 is 0 Å². The molecule has 1 aliphatic carbocycles. The molecule has 3 N–H and O–H groups in total. The molecule has 2 spiro atoms. The standard InChI is InChI=1S/C45H55N7O5/c1-27(2)29(5)41(53)52-26-45(17-7-8-20-57-45)23-37(52)40-47-33-16-13-31(21-34(33)48-40)10-9-30-11-14-32(15-12-30)35-24-46-39(49-35)36-22-44(18-19-44)25-51(36)42(54)38(28(3)4)50-43(55)56-6/h11-16,21,24,27-29,36-38H,7-8,17-20,22-23,25-26H2,1-6H3,(H,46,49)(H,47,48)(H,50,55)/t29-,36-,37-,38-,45-/m0/s1. The maximum Gasteiger partial charge on any atom is 0.407 e. The monoisotopic (exact) mass is 773 g/mol. The lowest BCUT2D eigenvalue weighted by Gasteiger charge is -2.33. The van der Waals surface area contributed by atoms with Gasteiger partial charge in [0.25, 0.3) is 0 Å². The van der Waals surface area contributed by atoms with Crippen LogP contribution in [0.2, 0.25) is 0 Å². The summed E-state index contributed by atoms with van der Waals surface area (Å²) in [6, 6.07) is 13.0. The zero-order valence-corrected chi connectivity index (χ0v) is 34.0. The number of ether oxygens (including phenoxy) is 2. The van der Waals surface area contributed by atoms with Gasteiger partial charge in [-0.25, -0.2) is 14.8 Å². The largest absolute Gasteiger partial charge is 0.453 e. The van der Waals surface area contributed by atoms with Gasteiger partial charge in [-0.1, -0.05) is 58.6 Å². The molecular formula is C45H55N7O5. The van der Waals surface area contributed by atoms with Crippen molar-refractivity contribution in [2.24, 2.45) is 23.2 Å². The highest BCUT2D eigenvalue weighted by Crippen LogP contribution is 2.58. The molecule has 3 aliphatic heterocycles. The van der Waals surface area contributed by atoms with Crippen molar-refractivity contribution in [1.82, 2.24) is 35.1 Å². The smallest absolute Gasteiger partial charge is 0.407 e. The quantitative estimate of drug-likeness (QED) is 0.160. The van der Waals surface area contributed by atoms with E-state index in [1.165, 1.54) is 7.11 Å². The van der Waals surface area contributed by atoms with Crippen molar-refractivity contribution in [3.8, 4) is 23.1 Å². The first kappa shape index (κ1) is 38.7. The minimum Gasteiger partial charge on any atom is -0.453 e. The van der Waals surface area contributed by atoms with Crippen molar-refractivity contribution < 1.29 is 23.9 Å². The molecule has 5 atom stereocenters. The number of imidazole rings is 2. The van der Waals surface area contributed by atoms with Crippen molar-refractivity contribution >= 4 is 28.9 Å². The van der Waals surface area contributed by atoms with Crippen LogP contribution in [-0.4, -0.2) is 86.1 Å². The number of nitrogens with one attached hydrogen (secondary N) is 3. The zero-order valence-electron chi connectivity index (χ0n) is 34.0. The van der Waals surface area contributed by atoms with E-state index in [1.54, 1.807) is 0 Å². The lowest BCUT2D eigenvalue weighted by atomic mass is 9.91. The van der Waals surface area contributed by atoms with Crippen LogP contribution in [0.5, 0.6) is 0 Å². The van der Waals surface area contributed by atoms with Crippen LogP contribution in [0.4, 0.5) is 4.79 Å². The van der Waals surface area contributed by atoms with Gasteiger partial charge in [0.2, 0.25) is 11.8 Å². The first-order chi connectivity index (χ1) is 27.4. The van der Waals surface area contributed by atoms with Gasteiger partial charge in [-0.2, -0.15) is 0 Å². The first-order valence-corrected chi connectivity index (χ1v) is 20.6. The zero-order chi connectivity index (χ0) is 40.1. The van der Waals surface area contributed by atoms with Crippen LogP contribution < -0.4 is 5.32 Å². The topological polar surface area (TPSA) is 146 Å². The summed E-state index contributed by atoms with van der Waals surface area (Å²) in [5.41, 5.74) is 5.15. The Bertz CT molecular complexity index is 2200. The second-order valence-corrected chi connectivity index (χ2v) is 17.6. The van der Waals surface area contributed by atoms with E-state index in [-0.39, 0.29) is 52.7 Å². The Morgan fingerprint density at radius 1 is 0.860 bits per heavy atom. The van der Waals surface area contributed by atoms with Gasteiger partial charge < -0.3 is 34.6 Å². The highest BCUT2D eigenvalue weighted by atomic mass is 16.5. The molecule has 3 saturated heterocycles. The van der Waals surface area contributed by atoms with Crippen LogP contribution in [0.25, 0.3) is 22.3 Å². The molecule has 2 aromatic carbocycles. The predicted molar refractivity (Wildman–Crippen MR) is 217 cm³/mol. The van der Waals surface area contributed by atoms with Crippen LogP contribution in [0, 0.1) is 35.0 Å². The van der Waals surface area contributed by atoms with Gasteiger partial charge in [-0.3, -0.25) is 9.59 Å². The van der Waals surface area contributed by atoms with Crippen molar-refractivity contribution in [2.75, 3.05) is 26.8 Å². The minimum absolute atomic E-state index is 0.0830. The second kappa shape index (κ2) is 15.3. The summed E-state index contributed by atoms with van der Waals surface area (Å²) in [4.78, 5) is 60.4. The lowest BCUT2D eigenvalue weighted by Crippen LogP contribution is -2.51. The highest BCUT2D eigenvalue weighted by molar-refractivity contribution is 5.86. The normalized spacial score (nSPS) is 23.6. The predicted octanol–water partition coefficient (Wildman–Crippen LogP) is 7.29. The number of carbonyl (C=O) groups is 3. The van der Waals surface area contributed by atoms with Crippen LogP contribution in [0.15, 0.2) is 48.7 Å². The van der Waals surface area contributed by atoms with E-state index in [0.29, 0.717) is 13.1 Å². The Morgan fingerprint density at radius 3 is 2.26 bits per heavy atom. The average Bonchev–Trinajstić information content (AvgIpc) is 3.61. The molecule has 0 radical (unpaired) electrons. The summed E-state index contributed by atoms with van der Waals surface area (Å²) >= 11 is 0. The summed E-state index contributed by atoms with van der Waals surface area (Å²) in [5.74, 6) is 8.31. The van der Waals surface area contributed by atoms with E-state index in [1.807, 2.05) is 79.2 Å². The van der Waals surface area contributed by atoms with Gasteiger partial charge in [0, 0.05) is 36.6 Å². The number of aromatic nitrogens is 4. The van der Waals surface area contributed by atoms with Crippen LogP contribution in [0.3, 0.4) is 0 Å². The third-order valence-corrected chi connectivity index (χ3v) is 12.9. The van der Waals surface area contributed by atoms with Gasteiger partial charge in [0.1, 0.15) is 17.7 Å². The van der Waals surface area contributed by atoms with Gasteiger partial charge in [-0.05, 0) is 91.7 Å². The molecule has 57 heavy (non-hydrogen) atoms. The van der Waals surface area contributed by atoms with Crippen molar-refractivity contribution in [1.29, 1.82) is 0 Å².